The lowest BCUT2D eigenvalue weighted by Crippen LogP contribution is -1.99. The zero-order valence-electron chi connectivity index (χ0n) is 17.9. The summed E-state index contributed by atoms with van der Waals surface area (Å²) in [6.45, 7) is 3.80. The first-order chi connectivity index (χ1) is 15.6. The molecule has 3 aromatic carbocycles. The van der Waals surface area contributed by atoms with Gasteiger partial charge < -0.3 is 19.3 Å². The minimum Gasteiger partial charge on any atom is -0.507 e. The molecule has 1 aromatic heterocycles. The Hall–Kier alpha value is -4.33. The number of fused-ring (bicyclic) bond motifs is 1. The summed E-state index contributed by atoms with van der Waals surface area (Å²) in [5.74, 6) is 1.51. The lowest BCUT2D eigenvalue weighted by atomic mass is 10.1. The molecule has 0 radical (unpaired) electrons. The van der Waals surface area contributed by atoms with Gasteiger partial charge in [0.1, 0.15) is 11.3 Å². The molecule has 0 aliphatic heterocycles. The van der Waals surface area contributed by atoms with Gasteiger partial charge in [-0.2, -0.15) is 0 Å². The summed E-state index contributed by atoms with van der Waals surface area (Å²) in [7, 11) is 4.62. The second-order valence-corrected chi connectivity index (χ2v) is 6.81. The second-order valence-electron chi connectivity index (χ2n) is 6.81. The van der Waals surface area contributed by atoms with Gasteiger partial charge in [0.15, 0.2) is 11.5 Å². The summed E-state index contributed by atoms with van der Waals surface area (Å²) in [5.41, 5.74) is 3.95. The molecule has 0 fully saturated rings. The first-order valence-corrected chi connectivity index (χ1v) is 9.74. The van der Waals surface area contributed by atoms with E-state index in [0.29, 0.717) is 34.1 Å². The van der Waals surface area contributed by atoms with Crippen molar-refractivity contribution in [1.29, 1.82) is 0 Å². The Labute approximate surface area is 185 Å². The largest absolute Gasteiger partial charge is 0.507 e. The number of rotatable bonds is 7. The Bertz CT molecular complexity index is 1300. The number of benzene rings is 3. The zero-order valence-corrected chi connectivity index (χ0v) is 17.9. The number of para-hydroxylation sites is 1. The number of methoxy groups -OCH3 is 3. The molecule has 1 heterocycles. The van der Waals surface area contributed by atoms with Crippen LogP contribution in [0.1, 0.15) is 11.1 Å². The van der Waals surface area contributed by atoms with Crippen molar-refractivity contribution in [2.24, 2.45) is 4.99 Å². The van der Waals surface area contributed by atoms with Crippen LogP contribution in [0.3, 0.4) is 0 Å². The molecule has 0 spiro atoms. The highest BCUT2D eigenvalue weighted by atomic mass is 16.5. The van der Waals surface area contributed by atoms with Gasteiger partial charge in [0.25, 0.3) is 0 Å². The molecule has 0 aliphatic rings. The maximum absolute atomic E-state index is 10.7. The van der Waals surface area contributed by atoms with Gasteiger partial charge in [0, 0.05) is 29.5 Å². The van der Waals surface area contributed by atoms with Gasteiger partial charge in [-0.05, 0) is 24.3 Å². The lowest BCUT2D eigenvalue weighted by molar-refractivity contribution is 0.324. The van der Waals surface area contributed by atoms with Crippen molar-refractivity contribution in [2.75, 3.05) is 21.3 Å². The number of hydrogen-bond acceptors (Lipinski definition) is 7. The first kappa shape index (κ1) is 20.9. The Morgan fingerprint density at radius 2 is 1.66 bits per heavy atom. The van der Waals surface area contributed by atoms with Gasteiger partial charge in [-0.1, -0.05) is 30.0 Å². The van der Waals surface area contributed by atoms with Crippen molar-refractivity contribution in [3.63, 3.8) is 0 Å². The van der Waals surface area contributed by atoms with Gasteiger partial charge in [-0.3, -0.25) is 4.99 Å². The highest BCUT2D eigenvalue weighted by molar-refractivity contribution is 5.89. The summed E-state index contributed by atoms with van der Waals surface area (Å²) < 4.78 is 17.8. The van der Waals surface area contributed by atoms with Crippen LogP contribution in [0.4, 0.5) is 5.69 Å². The third-order valence-electron chi connectivity index (χ3n) is 4.97. The molecule has 0 unspecified atom stereocenters. The van der Waals surface area contributed by atoms with Gasteiger partial charge in [0.05, 0.1) is 38.2 Å². The van der Waals surface area contributed by atoms with Crippen LogP contribution >= 0.6 is 0 Å². The minimum atomic E-state index is 0.0596. The van der Waals surface area contributed by atoms with Crippen LogP contribution in [0.25, 0.3) is 22.8 Å². The van der Waals surface area contributed by atoms with Crippen LogP contribution in [0, 0.1) is 0 Å². The van der Waals surface area contributed by atoms with Crippen LogP contribution < -0.4 is 14.2 Å². The second kappa shape index (κ2) is 8.81. The third kappa shape index (κ3) is 3.74. The Morgan fingerprint density at radius 1 is 0.969 bits per heavy atom. The molecule has 1 N–H and O–H groups in total. The van der Waals surface area contributed by atoms with E-state index in [2.05, 4.69) is 21.9 Å². The Kier molecular flexibility index (Phi) is 5.76. The molecule has 0 atom stereocenters. The van der Waals surface area contributed by atoms with Crippen LogP contribution in [-0.4, -0.2) is 47.6 Å². The lowest BCUT2D eigenvalue weighted by Gasteiger charge is -2.12. The van der Waals surface area contributed by atoms with Crippen molar-refractivity contribution in [3.05, 3.63) is 66.2 Å². The van der Waals surface area contributed by atoms with Crippen molar-refractivity contribution < 1.29 is 19.3 Å². The topological polar surface area (TPSA) is 91.0 Å². The van der Waals surface area contributed by atoms with Crippen molar-refractivity contribution in [2.45, 2.75) is 0 Å². The number of aromatic hydroxyl groups is 1. The molecule has 162 valence electrons. The number of aromatic nitrogens is 3. The fraction of sp³-hybridized carbons (Fsp3) is 0.125. The molecule has 32 heavy (non-hydrogen) atoms. The summed E-state index contributed by atoms with van der Waals surface area (Å²) >= 11 is 0. The maximum atomic E-state index is 10.7. The molecule has 4 aromatic rings. The van der Waals surface area contributed by atoms with Gasteiger partial charge in [-0.15, -0.1) is 5.10 Å². The summed E-state index contributed by atoms with van der Waals surface area (Å²) in [5, 5.41) is 19.2. The van der Waals surface area contributed by atoms with Crippen molar-refractivity contribution in [1.82, 2.24) is 15.0 Å². The van der Waals surface area contributed by atoms with Gasteiger partial charge in [0.2, 0.25) is 5.75 Å². The van der Waals surface area contributed by atoms with Crippen LogP contribution in [0.15, 0.2) is 60.1 Å². The Morgan fingerprint density at radius 3 is 2.31 bits per heavy atom. The van der Waals surface area contributed by atoms with Gasteiger partial charge in [-0.25, -0.2) is 4.68 Å². The highest BCUT2D eigenvalue weighted by Crippen LogP contribution is 2.41. The summed E-state index contributed by atoms with van der Waals surface area (Å²) in [6, 6.07) is 14.7. The van der Waals surface area contributed by atoms with E-state index in [9.17, 15) is 5.11 Å². The number of ether oxygens (including phenoxy) is 3. The monoisotopic (exact) mass is 430 g/mol. The molecule has 8 heteroatoms. The number of aliphatic imine (C=N–C) groups is 1. The number of hydrogen-bond donors (Lipinski definition) is 1. The van der Waals surface area contributed by atoms with E-state index in [0.717, 1.165) is 16.7 Å². The van der Waals surface area contributed by atoms with E-state index < -0.39 is 0 Å². The smallest absolute Gasteiger partial charge is 0.203 e. The summed E-state index contributed by atoms with van der Waals surface area (Å²) in [6.07, 6.45) is 3.14. The fourth-order valence-electron chi connectivity index (χ4n) is 3.39. The average molecular weight is 430 g/mol. The van der Waals surface area contributed by atoms with Gasteiger partial charge >= 0.3 is 0 Å². The SMILES string of the molecule is C=Cc1cc(-n2nnc3ccccc32)cc(C=Nc2cc(OC)c(OC)c(OC)c2)c1O. The standard InChI is InChI=1S/C24H22N4O4/c1-5-15-10-18(28-20-9-7-6-8-19(20)26-27-28)11-16(23(15)29)14-25-17-12-21(30-2)24(32-4)22(13-17)31-3/h5-14,29H,1H2,2-4H3. The number of nitrogens with zero attached hydrogens (tertiary/aromatic N) is 4. The van der Waals surface area contributed by atoms with E-state index in [-0.39, 0.29) is 5.75 Å². The van der Waals surface area contributed by atoms with E-state index in [1.807, 2.05) is 24.3 Å². The predicted octanol–water partition coefficient (Wildman–Crippen LogP) is 4.55. The van der Waals surface area contributed by atoms with Crippen molar-refractivity contribution >= 4 is 29.0 Å². The van der Waals surface area contributed by atoms with Crippen LogP contribution in [0.2, 0.25) is 0 Å². The van der Waals surface area contributed by atoms with E-state index in [4.69, 9.17) is 14.2 Å². The van der Waals surface area contributed by atoms with E-state index in [1.165, 1.54) is 7.11 Å². The number of phenolic OH excluding ortho intramolecular Hbond substituents is 1. The molecule has 8 nitrogen and oxygen atoms in total. The maximum Gasteiger partial charge on any atom is 0.203 e. The highest BCUT2D eigenvalue weighted by Gasteiger charge is 2.14. The molecule has 0 bridgehead atoms. The number of phenols is 1. The summed E-state index contributed by atoms with van der Waals surface area (Å²) in [4.78, 5) is 4.51. The molecular formula is C24H22N4O4. The molecule has 0 aliphatic carbocycles. The first-order valence-electron chi connectivity index (χ1n) is 9.74. The average Bonchev–Trinajstić information content (AvgIpc) is 3.26. The quantitative estimate of drug-likeness (QED) is 0.433. The molecule has 4 rings (SSSR count). The van der Waals surface area contributed by atoms with Crippen LogP contribution in [0.5, 0.6) is 23.0 Å². The normalized spacial score (nSPS) is 11.1. The van der Waals surface area contributed by atoms with Crippen molar-refractivity contribution in [3.8, 4) is 28.7 Å². The van der Waals surface area contributed by atoms with Crippen LogP contribution in [-0.2, 0) is 0 Å². The third-order valence-corrected chi connectivity index (χ3v) is 4.97. The zero-order chi connectivity index (χ0) is 22.7. The molecule has 0 saturated carbocycles. The van der Waals surface area contributed by atoms with E-state index in [1.54, 1.807) is 55.5 Å². The fourth-order valence-corrected chi connectivity index (χ4v) is 3.39. The Balaban J connectivity index is 1.80. The molecule has 0 amide bonds. The molecule has 0 saturated heterocycles. The molecular weight excluding hydrogens is 408 g/mol. The predicted molar refractivity (Wildman–Crippen MR) is 124 cm³/mol. The minimum absolute atomic E-state index is 0.0596. The van der Waals surface area contributed by atoms with E-state index >= 15 is 0 Å².